The smallest absolute Gasteiger partial charge is 0.0905 e. The van der Waals surface area contributed by atoms with Gasteiger partial charge in [0.2, 0.25) is 0 Å². The molecule has 0 radical (unpaired) electrons. The third-order valence-electron chi connectivity index (χ3n) is 6.92. The van der Waals surface area contributed by atoms with E-state index >= 15 is 0 Å². The summed E-state index contributed by atoms with van der Waals surface area (Å²) in [5.74, 6) is 1.71. The van der Waals surface area contributed by atoms with Crippen LogP contribution in [0.3, 0.4) is 0 Å². The molecule has 0 saturated carbocycles. The minimum atomic E-state index is 0.693. The Balaban J connectivity index is 3.57. The van der Waals surface area contributed by atoms with Gasteiger partial charge in [-0.15, -0.1) is 0 Å². The Bertz CT molecular complexity index is 427. The van der Waals surface area contributed by atoms with Crippen LogP contribution in [-0.4, -0.2) is 31.1 Å². The van der Waals surface area contributed by atoms with Crippen LogP contribution in [0, 0.1) is 5.92 Å². The van der Waals surface area contributed by atoms with Gasteiger partial charge in [0.1, 0.15) is 0 Å². The van der Waals surface area contributed by atoms with Crippen LogP contribution >= 0.6 is 0 Å². The number of hydrogen-bond donors (Lipinski definition) is 0. The molecule has 0 saturated heterocycles. The predicted octanol–water partition coefficient (Wildman–Crippen LogP) is 10.1. The van der Waals surface area contributed by atoms with Gasteiger partial charge in [0.15, 0.2) is 0 Å². The van der Waals surface area contributed by atoms with Crippen molar-refractivity contribution in [2.45, 2.75) is 143 Å². The first-order chi connectivity index (χ1) is 16.2. The van der Waals surface area contributed by atoms with Gasteiger partial charge in [-0.1, -0.05) is 104 Å². The number of unbranched alkanes of at least 4 members (excludes halogenated alkanes) is 11. The molecule has 196 valence electrons. The summed E-state index contributed by atoms with van der Waals surface area (Å²) in [7, 11) is 0. The molecular formula is C31H61NO. The Morgan fingerprint density at radius 2 is 1.27 bits per heavy atom. The van der Waals surface area contributed by atoms with Crippen molar-refractivity contribution in [3.05, 3.63) is 24.5 Å². The summed E-state index contributed by atoms with van der Waals surface area (Å²) in [6.07, 6.45) is 28.5. The average molecular weight is 464 g/mol. The van der Waals surface area contributed by atoms with E-state index in [1.807, 2.05) is 0 Å². The fraction of sp³-hybridized carbons (Fsp3) is 0.871. The van der Waals surface area contributed by atoms with E-state index in [2.05, 4.69) is 51.3 Å². The van der Waals surface area contributed by atoms with Crippen LogP contribution in [0.15, 0.2) is 24.5 Å². The molecule has 0 aromatic rings. The van der Waals surface area contributed by atoms with Crippen molar-refractivity contribution in [2.75, 3.05) is 26.2 Å². The summed E-state index contributed by atoms with van der Waals surface area (Å²) < 4.78 is 6.07. The van der Waals surface area contributed by atoms with Crippen LogP contribution in [0.5, 0.6) is 0 Å². The van der Waals surface area contributed by atoms with Crippen LogP contribution in [0.1, 0.15) is 143 Å². The normalized spacial score (nSPS) is 12.6. The van der Waals surface area contributed by atoms with E-state index < -0.39 is 0 Å². The molecule has 0 fully saturated rings. The van der Waals surface area contributed by atoms with Crippen molar-refractivity contribution in [1.82, 2.24) is 4.90 Å². The second kappa shape index (κ2) is 25.9. The second-order valence-corrected chi connectivity index (χ2v) is 10.0. The van der Waals surface area contributed by atoms with Gasteiger partial charge in [-0.05, 0) is 76.9 Å². The van der Waals surface area contributed by atoms with E-state index in [9.17, 15) is 0 Å². The minimum Gasteiger partial charge on any atom is -0.498 e. The zero-order valence-corrected chi connectivity index (χ0v) is 23.4. The maximum Gasteiger partial charge on any atom is 0.0905 e. The molecule has 0 spiro atoms. The van der Waals surface area contributed by atoms with E-state index in [4.69, 9.17) is 4.74 Å². The molecule has 2 nitrogen and oxygen atoms in total. The molecule has 0 aromatic heterocycles. The zero-order valence-electron chi connectivity index (χ0n) is 23.4. The summed E-state index contributed by atoms with van der Waals surface area (Å²) in [5, 5.41) is 0. The van der Waals surface area contributed by atoms with Crippen LogP contribution in [0.4, 0.5) is 0 Å². The highest BCUT2D eigenvalue weighted by molar-refractivity contribution is 4.83. The molecule has 0 rings (SSSR count). The predicted molar refractivity (Wildman–Crippen MR) is 150 cm³/mol. The van der Waals surface area contributed by atoms with Crippen molar-refractivity contribution >= 4 is 0 Å². The highest BCUT2D eigenvalue weighted by Crippen LogP contribution is 2.18. The first kappa shape index (κ1) is 32.2. The Kier molecular flexibility index (Phi) is 25.3. The number of ether oxygens (including phenoxy) is 1. The number of nitrogens with zero attached hydrogens (tertiary/aromatic N) is 1. The Morgan fingerprint density at radius 1 is 0.697 bits per heavy atom. The molecular weight excluding hydrogens is 402 g/mol. The van der Waals surface area contributed by atoms with Crippen molar-refractivity contribution in [1.29, 1.82) is 0 Å². The molecule has 0 aliphatic heterocycles. The Morgan fingerprint density at radius 3 is 1.85 bits per heavy atom. The van der Waals surface area contributed by atoms with Gasteiger partial charge in [-0.25, -0.2) is 0 Å². The average Bonchev–Trinajstić information content (AvgIpc) is 2.82. The number of hydrogen-bond acceptors (Lipinski definition) is 2. The standard InChI is InChI=1S/C31H61NO/c1-6-10-11-12-13-14-15-16-17-18-19-20-21-22-23-26-30(5)33-29-31(25-7-2)27-24-28-32(8-3)9-4/h13-14,31H,5-12,15-29H2,1-4H3/b14-13-. The van der Waals surface area contributed by atoms with E-state index in [-0.39, 0.29) is 0 Å². The number of rotatable bonds is 26. The third kappa shape index (κ3) is 22.8. The summed E-state index contributed by atoms with van der Waals surface area (Å²) in [5.41, 5.74) is 0. The largest absolute Gasteiger partial charge is 0.498 e. The highest BCUT2D eigenvalue weighted by Gasteiger charge is 2.10. The molecule has 1 unspecified atom stereocenters. The van der Waals surface area contributed by atoms with Crippen LogP contribution < -0.4 is 0 Å². The lowest BCUT2D eigenvalue weighted by atomic mass is 9.98. The van der Waals surface area contributed by atoms with Gasteiger partial charge in [0, 0.05) is 6.42 Å². The highest BCUT2D eigenvalue weighted by atomic mass is 16.5. The summed E-state index contributed by atoms with van der Waals surface area (Å²) >= 11 is 0. The molecule has 0 bridgehead atoms. The first-order valence-corrected chi connectivity index (χ1v) is 14.9. The van der Waals surface area contributed by atoms with Crippen LogP contribution in [0.25, 0.3) is 0 Å². The number of allylic oxidation sites excluding steroid dienone is 3. The van der Waals surface area contributed by atoms with Crippen molar-refractivity contribution in [2.24, 2.45) is 5.92 Å². The molecule has 1 atom stereocenters. The summed E-state index contributed by atoms with van der Waals surface area (Å²) in [4.78, 5) is 2.52. The Hall–Kier alpha value is -0.760. The van der Waals surface area contributed by atoms with Crippen molar-refractivity contribution in [3.63, 3.8) is 0 Å². The molecule has 0 N–H and O–H groups in total. The topological polar surface area (TPSA) is 12.5 Å². The first-order valence-electron chi connectivity index (χ1n) is 14.9. The molecule has 33 heavy (non-hydrogen) atoms. The zero-order chi connectivity index (χ0) is 24.4. The lowest BCUT2D eigenvalue weighted by Crippen LogP contribution is -2.24. The maximum absolute atomic E-state index is 6.07. The Labute approximate surface area is 209 Å². The lowest BCUT2D eigenvalue weighted by molar-refractivity contribution is 0.143. The molecule has 2 heteroatoms. The fourth-order valence-corrected chi connectivity index (χ4v) is 4.56. The SMILES string of the molecule is C=C(CCCCCCCCCC/C=C\CCCCC)OCC(CCC)CCCN(CC)CC. The van der Waals surface area contributed by atoms with Gasteiger partial charge in [-0.2, -0.15) is 0 Å². The van der Waals surface area contributed by atoms with Crippen molar-refractivity contribution in [3.8, 4) is 0 Å². The van der Waals surface area contributed by atoms with Crippen molar-refractivity contribution < 1.29 is 4.74 Å². The second-order valence-electron chi connectivity index (χ2n) is 10.0. The van der Waals surface area contributed by atoms with E-state index in [0.29, 0.717) is 5.92 Å². The maximum atomic E-state index is 6.07. The van der Waals surface area contributed by atoms with Gasteiger partial charge >= 0.3 is 0 Å². The van der Waals surface area contributed by atoms with Gasteiger partial charge < -0.3 is 9.64 Å². The van der Waals surface area contributed by atoms with E-state index in [1.165, 1.54) is 129 Å². The van der Waals surface area contributed by atoms with Gasteiger partial charge in [-0.3, -0.25) is 0 Å². The quantitative estimate of drug-likeness (QED) is 0.0718. The molecule has 0 amide bonds. The monoisotopic (exact) mass is 463 g/mol. The van der Waals surface area contributed by atoms with Crippen LogP contribution in [-0.2, 0) is 4.74 Å². The van der Waals surface area contributed by atoms with Gasteiger partial charge in [0.25, 0.3) is 0 Å². The lowest BCUT2D eigenvalue weighted by Gasteiger charge is -2.21. The summed E-state index contributed by atoms with van der Waals surface area (Å²) in [6.45, 7) is 17.7. The minimum absolute atomic E-state index is 0.693. The van der Waals surface area contributed by atoms with E-state index in [0.717, 1.165) is 18.8 Å². The third-order valence-corrected chi connectivity index (χ3v) is 6.92. The molecule has 0 aliphatic carbocycles. The van der Waals surface area contributed by atoms with Gasteiger partial charge in [0.05, 0.1) is 12.4 Å². The van der Waals surface area contributed by atoms with Crippen LogP contribution in [0.2, 0.25) is 0 Å². The summed E-state index contributed by atoms with van der Waals surface area (Å²) in [6, 6.07) is 0. The molecule has 0 aliphatic rings. The molecule has 0 aromatic carbocycles. The fourth-order valence-electron chi connectivity index (χ4n) is 4.56. The van der Waals surface area contributed by atoms with E-state index in [1.54, 1.807) is 0 Å². The molecule has 0 heterocycles.